The first-order chi connectivity index (χ1) is 8.13. The van der Waals surface area contributed by atoms with Gasteiger partial charge >= 0.3 is 0 Å². The van der Waals surface area contributed by atoms with E-state index in [0.717, 1.165) is 16.7 Å². The number of carbonyl (C=O) groups excluding carboxylic acids is 1. The quantitative estimate of drug-likeness (QED) is 0.875. The number of rotatable bonds is 6. The van der Waals surface area contributed by atoms with Crippen molar-refractivity contribution >= 4 is 27.5 Å². The molecule has 1 N–H and O–H groups in total. The summed E-state index contributed by atoms with van der Waals surface area (Å²) in [5.41, 5.74) is 1.06. The SMILES string of the molecule is C=C(Br)CNC(=O)CN(CC)c1ccccc1. The van der Waals surface area contributed by atoms with Gasteiger partial charge in [0.05, 0.1) is 6.54 Å². The van der Waals surface area contributed by atoms with E-state index in [4.69, 9.17) is 0 Å². The van der Waals surface area contributed by atoms with E-state index in [9.17, 15) is 4.79 Å². The van der Waals surface area contributed by atoms with E-state index >= 15 is 0 Å². The molecule has 3 nitrogen and oxygen atoms in total. The Hall–Kier alpha value is -1.29. The molecule has 0 fully saturated rings. The third kappa shape index (κ3) is 5.04. The number of likely N-dealkylation sites (N-methyl/N-ethyl adjacent to an activating group) is 1. The van der Waals surface area contributed by atoms with Gasteiger partial charge in [0.2, 0.25) is 5.91 Å². The van der Waals surface area contributed by atoms with Gasteiger partial charge in [-0.15, -0.1) is 0 Å². The maximum atomic E-state index is 11.7. The largest absolute Gasteiger partial charge is 0.363 e. The van der Waals surface area contributed by atoms with Crippen LogP contribution in [0.4, 0.5) is 5.69 Å². The summed E-state index contributed by atoms with van der Waals surface area (Å²) >= 11 is 3.21. The molecule has 17 heavy (non-hydrogen) atoms. The number of hydrogen-bond donors (Lipinski definition) is 1. The number of benzene rings is 1. The Balaban J connectivity index is 2.53. The molecule has 0 aliphatic heterocycles. The predicted octanol–water partition coefficient (Wildman–Crippen LogP) is 2.54. The second-order valence-corrected chi connectivity index (χ2v) is 4.77. The molecule has 0 saturated heterocycles. The average molecular weight is 297 g/mol. The molecule has 0 unspecified atom stereocenters. The van der Waals surface area contributed by atoms with Gasteiger partial charge in [0.1, 0.15) is 0 Å². The molecule has 1 rings (SSSR count). The summed E-state index contributed by atoms with van der Waals surface area (Å²) in [6.45, 7) is 7.33. The Morgan fingerprint density at radius 3 is 2.59 bits per heavy atom. The third-order valence-corrected chi connectivity index (χ3v) is 2.60. The summed E-state index contributed by atoms with van der Waals surface area (Å²) in [6.07, 6.45) is 0. The van der Waals surface area contributed by atoms with E-state index in [1.165, 1.54) is 0 Å². The highest BCUT2D eigenvalue weighted by Gasteiger charge is 2.08. The van der Waals surface area contributed by atoms with Gasteiger partial charge in [-0.2, -0.15) is 0 Å². The van der Waals surface area contributed by atoms with Crippen LogP contribution in [0, 0.1) is 0 Å². The van der Waals surface area contributed by atoms with Gasteiger partial charge in [-0.3, -0.25) is 4.79 Å². The fraction of sp³-hybridized carbons (Fsp3) is 0.308. The summed E-state index contributed by atoms with van der Waals surface area (Å²) in [5.74, 6) is -0.00342. The smallest absolute Gasteiger partial charge is 0.239 e. The highest BCUT2D eigenvalue weighted by atomic mass is 79.9. The van der Waals surface area contributed by atoms with Crippen molar-refractivity contribution in [2.75, 3.05) is 24.5 Å². The van der Waals surface area contributed by atoms with Gasteiger partial charge in [0.25, 0.3) is 0 Å². The summed E-state index contributed by atoms with van der Waals surface area (Å²) in [4.78, 5) is 13.7. The zero-order valence-electron chi connectivity index (χ0n) is 9.95. The molecule has 0 atom stereocenters. The Kier molecular flexibility index (Phi) is 5.77. The van der Waals surface area contributed by atoms with Crippen LogP contribution in [0.1, 0.15) is 6.92 Å². The second kappa shape index (κ2) is 7.12. The Labute approximate surface area is 111 Å². The number of amides is 1. The van der Waals surface area contributed by atoms with Crippen LogP contribution in [-0.2, 0) is 4.79 Å². The van der Waals surface area contributed by atoms with Crippen LogP contribution in [0.3, 0.4) is 0 Å². The van der Waals surface area contributed by atoms with Crippen molar-refractivity contribution in [2.45, 2.75) is 6.92 Å². The van der Waals surface area contributed by atoms with E-state index < -0.39 is 0 Å². The summed E-state index contributed by atoms with van der Waals surface area (Å²) in [5, 5.41) is 2.79. The van der Waals surface area contributed by atoms with Gasteiger partial charge in [-0.1, -0.05) is 40.7 Å². The van der Waals surface area contributed by atoms with E-state index in [2.05, 4.69) is 27.8 Å². The number of carbonyl (C=O) groups is 1. The predicted molar refractivity (Wildman–Crippen MR) is 75.4 cm³/mol. The number of nitrogens with one attached hydrogen (secondary N) is 1. The number of hydrogen-bond acceptors (Lipinski definition) is 2. The minimum atomic E-state index is -0.00342. The fourth-order valence-electron chi connectivity index (χ4n) is 1.45. The molecule has 1 amide bonds. The number of anilines is 1. The lowest BCUT2D eigenvalue weighted by Crippen LogP contribution is -2.37. The first-order valence-electron chi connectivity index (χ1n) is 5.53. The monoisotopic (exact) mass is 296 g/mol. The fourth-order valence-corrected chi connectivity index (χ4v) is 1.59. The molecule has 92 valence electrons. The molecule has 4 heteroatoms. The van der Waals surface area contributed by atoms with Gasteiger partial charge in [-0.05, 0) is 19.1 Å². The molecular formula is C13H17BrN2O. The van der Waals surface area contributed by atoms with E-state index in [0.29, 0.717) is 13.1 Å². The number of nitrogens with zero attached hydrogens (tertiary/aromatic N) is 1. The molecule has 0 bridgehead atoms. The standard InChI is InChI=1S/C13H17BrN2O/c1-3-16(12-7-5-4-6-8-12)10-13(17)15-9-11(2)14/h4-8H,2-3,9-10H2,1H3,(H,15,17). The normalized spacial score (nSPS) is 9.76. The lowest BCUT2D eigenvalue weighted by Gasteiger charge is -2.22. The highest BCUT2D eigenvalue weighted by Crippen LogP contribution is 2.12. The van der Waals surface area contributed by atoms with Crippen molar-refractivity contribution in [1.29, 1.82) is 0 Å². The van der Waals surface area contributed by atoms with E-state index in [1.807, 2.05) is 42.2 Å². The van der Waals surface area contributed by atoms with Gasteiger partial charge in [0.15, 0.2) is 0 Å². The molecule has 0 saturated carbocycles. The zero-order chi connectivity index (χ0) is 12.7. The molecule has 0 aromatic heterocycles. The Bertz CT molecular complexity index is 378. The first kappa shape index (κ1) is 13.8. The molecule has 0 aliphatic rings. The van der Waals surface area contributed by atoms with Crippen LogP contribution in [0.5, 0.6) is 0 Å². The first-order valence-corrected chi connectivity index (χ1v) is 6.32. The van der Waals surface area contributed by atoms with Crippen LogP contribution < -0.4 is 10.2 Å². The maximum absolute atomic E-state index is 11.7. The van der Waals surface area contributed by atoms with Gasteiger partial charge < -0.3 is 10.2 Å². The van der Waals surface area contributed by atoms with Gasteiger partial charge in [0, 0.05) is 23.3 Å². The Morgan fingerprint density at radius 2 is 2.06 bits per heavy atom. The van der Waals surface area contributed by atoms with Crippen LogP contribution in [-0.4, -0.2) is 25.5 Å². The van der Waals surface area contributed by atoms with E-state index in [1.54, 1.807) is 0 Å². The minimum Gasteiger partial charge on any atom is -0.363 e. The third-order valence-electron chi connectivity index (χ3n) is 2.31. The molecular weight excluding hydrogens is 280 g/mol. The lowest BCUT2D eigenvalue weighted by atomic mass is 10.3. The lowest BCUT2D eigenvalue weighted by molar-refractivity contribution is -0.119. The molecule has 0 spiro atoms. The summed E-state index contributed by atoms with van der Waals surface area (Å²) < 4.78 is 0.772. The van der Waals surface area contributed by atoms with Crippen LogP contribution in [0.25, 0.3) is 0 Å². The topological polar surface area (TPSA) is 32.3 Å². The number of halogens is 1. The summed E-state index contributed by atoms with van der Waals surface area (Å²) in [6, 6.07) is 9.90. The molecule has 0 heterocycles. The highest BCUT2D eigenvalue weighted by molar-refractivity contribution is 9.11. The van der Waals surface area contributed by atoms with Crippen LogP contribution in [0.15, 0.2) is 41.4 Å². The van der Waals surface area contributed by atoms with Crippen molar-refractivity contribution in [3.63, 3.8) is 0 Å². The Morgan fingerprint density at radius 1 is 1.41 bits per heavy atom. The summed E-state index contributed by atoms with van der Waals surface area (Å²) in [7, 11) is 0. The number of para-hydroxylation sites is 1. The van der Waals surface area contributed by atoms with Crippen molar-refractivity contribution in [2.24, 2.45) is 0 Å². The van der Waals surface area contributed by atoms with Crippen LogP contribution in [0.2, 0.25) is 0 Å². The molecule has 0 radical (unpaired) electrons. The molecule has 0 aliphatic carbocycles. The van der Waals surface area contributed by atoms with Crippen molar-refractivity contribution in [1.82, 2.24) is 5.32 Å². The average Bonchev–Trinajstić information content (AvgIpc) is 2.34. The van der Waals surface area contributed by atoms with Crippen LogP contribution >= 0.6 is 15.9 Å². The van der Waals surface area contributed by atoms with E-state index in [-0.39, 0.29) is 5.91 Å². The molecule has 1 aromatic rings. The second-order valence-electron chi connectivity index (χ2n) is 3.64. The zero-order valence-corrected chi connectivity index (χ0v) is 11.5. The van der Waals surface area contributed by atoms with Crippen molar-refractivity contribution < 1.29 is 4.79 Å². The maximum Gasteiger partial charge on any atom is 0.239 e. The van der Waals surface area contributed by atoms with Gasteiger partial charge in [-0.25, -0.2) is 0 Å². The van der Waals surface area contributed by atoms with Crippen molar-refractivity contribution in [3.8, 4) is 0 Å². The van der Waals surface area contributed by atoms with Crippen molar-refractivity contribution in [3.05, 3.63) is 41.4 Å². The minimum absolute atomic E-state index is 0.00342. The molecule has 1 aromatic carbocycles.